The van der Waals surface area contributed by atoms with Gasteiger partial charge in [0, 0.05) is 5.02 Å². The lowest BCUT2D eigenvalue weighted by Crippen LogP contribution is -1.81. The number of hydrogen-bond acceptors (Lipinski definition) is 1. The Bertz CT molecular complexity index is 381. The van der Waals surface area contributed by atoms with Crippen LogP contribution in [0.15, 0.2) is 47.2 Å². The van der Waals surface area contributed by atoms with Crippen molar-refractivity contribution in [1.82, 2.24) is 0 Å². The molecule has 0 aliphatic carbocycles. The molecule has 0 nitrogen and oxygen atoms in total. The lowest BCUT2D eigenvalue weighted by Gasteiger charge is -1.96. The second kappa shape index (κ2) is 10.2. The van der Waals surface area contributed by atoms with Gasteiger partial charge in [-0.3, -0.25) is 0 Å². The summed E-state index contributed by atoms with van der Waals surface area (Å²) in [5.74, 6) is 0. The standard InChI is InChI=1S/C10H16S.C6H5Cl/c1-2-3-4-5-6-10-7-8-11-9-10;7-6-4-2-1-3-5-6/h7-9H,2-6H2,1H3;1-5H. The van der Waals surface area contributed by atoms with Crippen LogP contribution in [0, 0.1) is 0 Å². The zero-order chi connectivity index (χ0) is 13.1. The number of aryl methyl sites for hydroxylation is 1. The molecule has 1 aromatic heterocycles. The van der Waals surface area contributed by atoms with Crippen LogP contribution in [0.25, 0.3) is 0 Å². The Balaban J connectivity index is 0.000000199. The number of benzene rings is 1. The van der Waals surface area contributed by atoms with Gasteiger partial charge in [-0.2, -0.15) is 11.3 Å². The third-order valence-electron chi connectivity index (χ3n) is 2.63. The maximum absolute atomic E-state index is 5.54. The number of hydrogen-bond donors (Lipinski definition) is 0. The first-order valence-electron chi connectivity index (χ1n) is 6.54. The fourth-order valence-electron chi connectivity index (χ4n) is 1.61. The molecule has 0 fully saturated rings. The largest absolute Gasteiger partial charge is 0.152 e. The number of unbranched alkanes of at least 4 members (excludes halogenated alkanes) is 3. The second-order valence-corrected chi connectivity index (χ2v) is 5.45. The van der Waals surface area contributed by atoms with Gasteiger partial charge in [-0.1, -0.05) is 56.0 Å². The molecule has 0 aliphatic heterocycles. The van der Waals surface area contributed by atoms with Crippen LogP contribution in [-0.4, -0.2) is 0 Å². The fraction of sp³-hybridized carbons (Fsp3) is 0.375. The first kappa shape index (κ1) is 15.3. The average molecular weight is 281 g/mol. The van der Waals surface area contributed by atoms with Gasteiger partial charge in [0.1, 0.15) is 0 Å². The van der Waals surface area contributed by atoms with Gasteiger partial charge in [-0.25, -0.2) is 0 Å². The maximum atomic E-state index is 5.54. The van der Waals surface area contributed by atoms with Crippen molar-refractivity contribution in [1.29, 1.82) is 0 Å². The lowest BCUT2D eigenvalue weighted by molar-refractivity contribution is 0.667. The van der Waals surface area contributed by atoms with Gasteiger partial charge in [0.05, 0.1) is 0 Å². The minimum atomic E-state index is 0.794. The fourth-order valence-corrected chi connectivity index (χ4v) is 2.45. The third-order valence-corrected chi connectivity index (χ3v) is 3.62. The summed E-state index contributed by atoms with van der Waals surface area (Å²) in [6.07, 6.45) is 6.77. The Hall–Kier alpha value is -0.790. The molecular weight excluding hydrogens is 260 g/mol. The molecule has 1 aromatic carbocycles. The van der Waals surface area contributed by atoms with E-state index in [1.807, 2.05) is 30.3 Å². The highest BCUT2D eigenvalue weighted by Crippen LogP contribution is 2.10. The third kappa shape index (κ3) is 7.52. The van der Waals surface area contributed by atoms with Gasteiger partial charge in [-0.15, -0.1) is 0 Å². The van der Waals surface area contributed by atoms with Crippen LogP contribution < -0.4 is 0 Å². The summed E-state index contributed by atoms with van der Waals surface area (Å²) in [6, 6.07) is 11.7. The molecule has 1 heterocycles. The van der Waals surface area contributed by atoms with Crippen LogP contribution in [0.5, 0.6) is 0 Å². The Labute approximate surface area is 120 Å². The van der Waals surface area contributed by atoms with E-state index < -0.39 is 0 Å². The molecule has 2 heteroatoms. The quantitative estimate of drug-likeness (QED) is 0.571. The molecule has 0 aliphatic rings. The van der Waals surface area contributed by atoms with Crippen molar-refractivity contribution in [2.75, 3.05) is 0 Å². The van der Waals surface area contributed by atoms with Crippen molar-refractivity contribution in [3.63, 3.8) is 0 Å². The van der Waals surface area contributed by atoms with E-state index in [-0.39, 0.29) is 0 Å². The normalized spacial score (nSPS) is 9.67. The average Bonchev–Trinajstić information content (AvgIpc) is 2.90. The van der Waals surface area contributed by atoms with E-state index in [0.717, 1.165) is 5.02 Å². The van der Waals surface area contributed by atoms with Crippen LogP contribution >= 0.6 is 22.9 Å². The minimum Gasteiger partial charge on any atom is -0.152 e. The predicted octanol–water partition coefficient (Wildman–Crippen LogP) is 6.21. The molecule has 0 N–H and O–H groups in total. The van der Waals surface area contributed by atoms with E-state index in [1.54, 1.807) is 11.3 Å². The molecule has 2 rings (SSSR count). The van der Waals surface area contributed by atoms with Crippen LogP contribution in [0.4, 0.5) is 0 Å². The van der Waals surface area contributed by atoms with Crippen molar-refractivity contribution in [3.05, 3.63) is 57.7 Å². The maximum Gasteiger partial charge on any atom is 0.0405 e. The van der Waals surface area contributed by atoms with Crippen molar-refractivity contribution >= 4 is 22.9 Å². The molecule has 0 bridgehead atoms. The Morgan fingerprint density at radius 1 is 1.00 bits per heavy atom. The first-order chi connectivity index (χ1) is 8.83. The molecular formula is C16H21ClS. The van der Waals surface area contributed by atoms with Crippen molar-refractivity contribution in [2.45, 2.75) is 39.0 Å². The summed E-state index contributed by atoms with van der Waals surface area (Å²) in [6.45, 7) is 2.25. The molecule has 2 aromatic rings. The second-order valence-electron chi connectivity index (χ2n) is 4.24. The Morgan fingerprint density at radius 2 is 1.78 bits per heavy atom. The van der Waals surface area contributed by atoms with Gasteiger partial charge in [0.15, 0.2) is 0 Å². The van der Waals surface area contributed by atoms with E-state index in [2.05, 4.69) is 23.8 Å². The van der Waals surface area contributed by atoms with Crippen LogP contribution in [0.3, 0.4) is 0 Å². The molecule has 0 unspecified atom stereocenters. The Morgan fingerprint density at radius 3 is 2.28 bits per heavy atom. The lowest BCUT2D eigenvalue weighted by atomic mass is 10.1. The summed E-state index contributed by atoms with van der Waals surface area (Å²) in [5.41, 5.74) is 1.52. The highest BCUT2D eigenvalue weighted by molar-refractivity contribution is 7.07. The molecule has 0 spiro atoms. The summed E-state index contributed by atoms with van der Waals surface area (Å²) >= 11 is 7.34. The molecule has 0 amide bonds. The molecule has 18 heavy (non-hydrogen) atoms. The molecule has 0 atom stereocenters. The van der Waals surface area contributed by atoms with Gasteiger partial charge < -0.3 is 0 Å². The van der Waals surface area contributed by atoms with E-state index in [0.29, 0.717) is 0 Å². The minimum absolute atomic E-state index is 0.794. The van der Waals surface area contributed by atoms with Crippen molar-refractivity contribution in [2.24, 2.45) is 0 Å². The summed E-state index contributed by atoms with van der Waals surface area (Å²) < 4.78 is 0. The van der Waals surface area contributed by atoms with E-state index >= 15 is 0 Å². The van der Waals surface area contributed by atoms with Gasteiger partial charge in [-0.05, 0) is 47.4 Å². The smallest absolute Gasteiger partial charge is 0.0405 e. The summed E-state index contributed by atoms with van der Waals surface area (Å²) in [5, 5.41) is 5.21. The highest BCUT2D eigenvalue weighted by atomic mass is 35.5. The molecule has 98 valence electrons. The number of rotatable bonds is 5. The van der Waals surface area contributed by atoms with E-state index in [4.69, 9.17) is 11.6 Å². The summed E-state index contributed by atoms with van der Waals surface area (Å²) in [7, 11) is 0. The number of thiophene rings is 1. The van der Waals surface area contributed by atoms with Gasteiger partial charge >= 0.3 is 0 Å². The Kier molecular flexibility index (Phi) is 8.62. The van der Waals surface area contributed by atoms with Crippen molar-refractivity contribution < 1.29 is 0 Å². The monoisotopic (exact) mass is 280 g/mol. The SMILES string of the molecule is CCCCCCc1ccsc1.Clc1ccccc1. The topological polar surface area (TPSA) is 0 Å². The molecule has 0 saturated heterocycles. The predicted molar refractivity (Wildman–Crippen MR) is 83.6 cm³/mol. The van der Waals surface area contributed by atoms with Crippen LogP contribution in [0.2, 0.25) is 5.02 Å². The van der Waals surface area contributed by atoms with Gasteiger partial charge in [0.2, 0.25) is 0 Å². The zero-order valence-electron chi connectivity index (χ0n) is 10.9. The van der Waals surface area contributed by atoms with Gasteiger partial charge in [0.25, 0.3) is 0 Å². The van der Waals surface area contributed by atoms with E-state index in [9.17, 15) is 0 Å². The molecule has 0 saturated carbocycles. The zero-order valence-corrected chi connectivity index (χ0v) is 12.5. The van der Waals surface area contributed by atoms with Crippen LogP contribution in [0.1, 0.15) is 38.2 Å². The van der Waals surface area contributed by atoms with E-state index in [1.165, 1.54) is 37.7 Å². The first-order valence-corrected chi connectivity index (χ1v) is 7.86. The number of halogens is 1. The highest BCUT2D eigenvalue weighted by Gasteiger charge is 1.91. The van der Waals surface area contributed by atoms with Crippen LogP contribution in [-0.2, 0) is 6.42 Å². The van der Waals surface area contributed by atoms with Crippen molar-refractivity contribution in [3.8, 4) is 0 Å². The molecule has 0 radical (unpaired) electrons. The summed E-state index contributed by atoms with van der Waals surface area (Å²) in [4.78, 5) is 0.